The van der Waals surface area contributed by atoms with Gasteiger partial charge in [-0.15, -0.1) is 0 Å². The molecular weight excluding hydrogens is 344 g/mol. The predicted molar refractivity (Wildman–Crippen MR) is 91.2 cm³/mol. The summed E-state index contributed by atoms with van der Waals surface area (Å²) >= 11 is 0. The van der Waals surface area contributed by atoms with E-state index in [4.69, 9.17) is 10.9 Å². The number of phenolic OH excluding ortho intramolecular Hbond substituents is 1. The fourth-order valence-electron chi connectivity index (χ4n) is 2.93. The van der Waals surface area contributed by atoms with Gasteiger partial charge in [0.1, 0.15) is 0 Å². The van der Waals surface area contributed by atoms with Crippen LogP contribution in [-0.4, -0.2) is 30.5 Å². The normalized spacial score (nSPS) is 12.0. The van der Waals surface area contributed by atoms with Crippen molar-refractivity contribution in [2.24, 2.45) is 10.9 Å². The molecule has 0 fully saturated rings. The number of halogens is 2. The lowest BCUT2D eigenvalue weighted by Crippen LogP contribution is -2.18. The van der Waals surface area contributed by atoms with Gasteiger partial charge in [-0.05, 0) is 32.9 Å². The van der Waals surface area contributed by atoms with Gasteiger partial charge in [0.2, 0.25) is 0 Å². The lowest BCUT2D eigenvalue weighted by Gasteiger charge is -2.15. The van der Waals surface area contributed by atoms with Gasteiger partial charge >= 0.3 is 0 Å². The van der Waals surface area contributed by atoms with E-state index in [9.17, 15) is 13.9 Å². The molecule has 4 N–H and O–H groups in total. The van der Waals surface area contributed by atoms with Crippen molar-refractivity contribution in [2.75, 3.05) is 0 Å². The topological polar surface area (TPSA) is 102 Å². The maximum atomic E-state index is 13.9. The van der Waals surface area contributed by atoms with Crippen LogP contribution in [0.1, 0.15) is 22.6 Å². The van der Waals surface area contributed by atoms with Gasteiger partial charge < -0.3 is 20.6 Å². The quantitative estimate of drug-likeness (QED) is 0.289. The number of amidine groups is 1. The highest BCUT2D eigenvalue weighted by molar-refractivity contribution is 6.01. The molecular formula is C17H17F2N5O2. The smallest absolute Gasteiger partial charge is 0.187 e. The molecule has 136 valence electrons. The Hall–Kier alpha value is -3.36. The van der Waals surface area contributed by atoms with Crippen molar-refractivity contribution < 1.29 is 19.1 Å². The molecule has 9 heteroatoms. The monoisotopic (exact) mass is 361 g/mol. The number of benzene rings is 1. The Balaban J connectivity index is 2.41. The third kappa shape index (κ3) is 2.57. The van der Waals surface area contributed by atoms with Gasteiger partial charge in [0.25, 0.3) is 0 Å². The molecule has 0 saturated heterocycles. The van der Waals surface area contributed by atoms with Crippen LogP contribution in [0.4, 0.5) is 8.78 Å². The minimum Gasteiger partial charge on any atom is -0.503 e. The molecule has 26 heavy (non-hydrogen) atoms. The Morgan fingerprint density at radius 3 is 2.15 bits per heavy atom. The van der Waals surface area contributed by atoms with Crippen LogP contribution in [0.15, 0.2) is 29.4 Å². The summed E-state index contributed by atoms with van der Waals surface area (Å²) in [7, 11) is 0. The summed E-state index contributed by atoms with van der Waals surface area (Å²) in [5.74, 6) is -3.13. The Kier molecular flexibility index (Phi) is 4.15. The van der Waals surface area contributed by atoms with Gasteiger partial charge in [-0.25, -0.2) is 13.5 Å². The van der Waals surface area contributed by atoms with Crippen molar-refractivity contribution in [3.05, 3.63) is 58.5 Å². The Labute approximate surface area is 147 Å². The zero-order valence-corrected chi connectivity index (χ0v) is 14.3. The Morgan fingerprint density at radius 2 is 1.65 bits per heavy atom. The Bertz CT molecular complexity index is 994. The summed E-state index contributed by atoms with van der Waals surface area (Å²) in [6, 6.07) is 5.63. The van der Waals surface area contributed by atoms with Crippen molar-refractivity contribution in [3.63, 3.8) is 0 Å². The van der Waals surface area contributed by atoms with Crippen LogP contribution in [0, 0.1) is 32.4 Å². The van der Waals surface area contributed by atoms with Gasteiger partial charge in [-0.1, -0.05) is 5.16 Å². The molecule has 1 aromatic carbocycles. The van der Waals surface area contributed by atoms with Gasteiger partial charge in [-0.2, -0.15) is 5.10 Å². The number of hydrogen-bond donors (Lipinski definition) is 3. The maximum absolute atomic E-state index is 13.9. The number of aromatic hydroxyl groups is 1. The van der Waals surface area contributed by atoms with Crippen molar-refractivity contribution in [2.45, 2.75) is 20.8 Å². The number of oxime groups is 1. The van der Waals surface area contributed by atoms with E-state index >= 15 is 0 Å². The van der Waals surface area contributed by atoms with Crippen LogP contribution in [-0.2, 0) is 0 Å². The highest BCUT2D eigenvalue weighted by Crippen LogP contribution is 2.29. The second-order valence-electron chi connectivity index (χ2n) is 5.89. The second-order valence-corrected chi connectivity index (χ2v) is 5.89. The van der Waals surface area contributed by atoms with E-state index in [0.29, 0.717) is 17.1 Å². The molecule has 0 atom stereocenters. The van der Waals surface area contributed by atoms with E-state index in [1.807, 2.05) is 26.0 Å². The number of aromatic nitrogens is 3. The lowest BCUT2D eigenvalue weighted by atomic mass is 10.2. The minimum absolute atomic E-state index is 0.0420. The molecule has 0 saturated carbocycles. The molecule has 0 unspecified atom stereocenters. The van der Waals surface area contributed by atoms with Crippen molar-refractivity contribution in [3.8, 4) is 17.3 Å². The number of hydrogen-bond acceptors (Lipinski definition) is 4. The number of rotatable bonds is 3. The van der Waals surface area contributed by atoms with Gasteiger partial charge in [0.05, 0.1) is 16.9 Å². The summed E-state index contributed by atoms with van der Waals surface area (Å²) in [5.41, 5.74) is 8.22. The first-order valence-electron chi connectivity index (χ1n) is 7.67. The van der Waals surface area contributed by atoms with Crippen molar-refractivity contribution in [1.82, 2.24) is 14.3 Å². The zero-order valence-electron chi connectivity index (χ0n) is 14.3. The van der Waals surface area contributed by atoms with E-state index in [-0.39, 0.29) is 11.5 Å². The fourth-order valence-corrected chi connectivity index (χ4v) is 2.93. The maximum Gasteiger partial charge on any atom is 0.187 e. The van der Waals surface area contributed by atoms with E-state index in [2.05, 4.69) is 10.3 Å². The van der Waals surface area contributed by atoms with Crippen molar-refractivity contribution >= 4 is 5.84 Å². The van der Waals surface area contributed by atoms with Gasteiger partial charge in [-0.3, -0.25) is 0 Å². The summed E-state index contributed by atoms with van der Waals surface area (Å²) < 4.78 is 30.8. The third-order valence-corrected chi connectivity index (χ3v) is 4.13. The summed E-state index contributed by atoms with van der Waals surface area (Å²) in [6.07, 6.45) is 0. The first-order valence-corrected chi connectivity index (χ1v) is 7.67. The molecule has 0 aliphatic rings. The summed E-state index contributed by atoms with van der Waals surface area (Å²) in [6.45, 7) is 5.32. The highest BCUT2D eigenvalue weighted by Gasteiger charge is 2.24. The highest BCUT2D eigenvalue weighted by atomic mass is 19.1. The first-order chi connectivity index (χ1) is 12.3. The molecule has 0 aliphatic heterocycles. The fraction of sp³-hybridized carbons (Fsp3) is 0.176. The standard InChI is InChI=1S/C17H17F2N5O2/c1-8-4-5-9(2)23(8)17-14(16(20)22-26)10(3)21-24(17)11-6-12(18)15(25)13(19)7-11/h4-7,25-26H,1-3H3,(H2,20,22). The molecule has 3 rings (SSSR count). The summed E-state index contributed by atoms with van der Waals surface area (Å²) in [4.78, 5) is 0. The first kappa shape index (κ1) is 17.5. The molecule has 7 nitrogen and oxygen atoms in total. The largest absolute Gasteiger partial charge is 0.503 e. The predicted octanol–water partition coefficient (Wildman–Crippen LogP) is 2.67. The van der Waals surface area contributed by atoms with Crippen LogP contribution in [0.25, 0.3) is 11.5 Å². The third-order valence-electron chi connectivity index (χ3n) is 4.13. The SMILES string of the molecule is Cc1nn(-c2cc(F)c(O)c(F)c2)c(-n2c(C)ccc2C)c1/C(N)=N/O. The van der Waals surface area contributed by atoms with Crippen LogP contribution in [0.2, 0.25) is 0 Å². The van der Waals surface area contributed by atoms with Crippen LogP contribution in [0.5, 0.6) is 5.75 Å². The molecule has 3 aromatic rings. The molecule has 0 aliphatic carbocycles. The summed E-state index contributed by atoms with van der Waals surface area (Å²) in [5, 5.41) is 25.8. The van der Waals surface area contributed by atoms with Crippen LogP contribution < -0.4 is 5.73 Å². The van der Waals surface area contributed by atoms with Gasteiger partial charge in [0.15, 0.2) is 29.0 Å². The van der Waals surface area contributed by atoms with E-state index in [0.717, 1.165) is 23.5 Å². The van der Waals surface area contributed by atoms with Crippen LogP contribution >= 0.6 is 0 Å². The molecule has 2 heterocycles. The number of nitrogens with zero attached hydrogens (tertiary/aromatic N) is 4. The number of nitrogens with two attached hydrogens (primary N) is 1. The van der Waals surface area contributed by atoms with E-state index < -0.39 is 17.4 Å². The molecule has 0 amide bonds. The molecule has 2 aromatic heterocycles. The average Bonchev–Trinajstić information content (AvgIpc) is 3.10. The number of aryl methyl sites for hydroxylation is 3. The Morgan fingerprint density at radius 1 is 1.12 bits per heavy atom. The second kappa shape index (κ2) is 6.17. The molecule has 0 spiro atoms. The molecule has 0 radical (unpaired) electrons. The van der Waals surface area contributed by atoms with E-state index in [1.165, 1.54) is 4.68 Å². The number of phenols is 1. The average molecular weight is 361 g/mol. The van der Waals surface area contributed by atoms with Crippen LogP contribution in [0.3, 0.4) is 0 Å². The lowest BCUT2D eigenvalue weighted by molar-refractivity contribution is 0.318. The van der Waals surface area contributed by atoms with Gasteiger partial charge in [0, 0.05) is 23.5 Å². The van der Waals surface area contributed by atoms with E-state index in [1.54, 1.807) is 11.5 Å². The molecule has 0 bridgehead atoms. The minimum atomic E-state index is -1.12. The zero-order chi connectivity index (χ0) is 19.2. The van der Waals surface area contributed by atoms with Crippen molar-refractivity contribution in [1.29, 1.82) is 0 Å².